The van der Waals surface area contributed by atoms with E-state index in [1.807, 2.05) is 13.8 Å². The maximum absolute atomic E-state index is 11.5. The van der Waals surface area contributed by atoms with Crippen molar-refractivity contribution in [1.82, 2.24) is 5.32 Å². The molecule has 4 heteroatoms. The van der Waals surface area contributed by atoms with Gasteiger partial charge in [-0.2, -0.15) is 0 Å². The first-order valence-corrected chi connectivity index (χ1v) is 5.35. The fourth-order valence-electron chi connectivity index (χ4n) is 1.27. The minimum atomic E-state index is -0.152. The molecule has 0 aromatic carbocycles. The van der Waals surface area contributed by atoms with Crippen molar-refractivity contribution < 1.29 is 9.21 Å². The Balaban J connectivity index is 2.47. The molecule has 1 rings (SSSR count). The lowest BCUT2D eigenvalue weighted by molar-refractivity contribution is -0.117. The minimum absolute atomic E-state index is 0.00810. The Labute approximate surface area is 95.5 Å². The molecule has 1 aromatic rings. The van der Waals surface area contributed by atoms with E-state index in [1.54, 1.807) is 24.5 Å². The molecule has 0 bridgehead atoms. The first-order chi connectivity index (χ1) is 7.63. The van der Waals surface area contributed by atoms with Gasteiger partial charge in [0.2, 0.25) is 5.91 Å². The van der Waals surface area contributed by atoms with Crippen LogP contribution in [0.4, 0.5) is 0 Å². The van der Waals surface area contributed by atoms with Crippen LogP contribution in [0.1, 0.15) is 19.6 Å². The van der Waals surface area contributed by atoms with Crippen LogP contribution >= 0.6 is 0 Å². The topological polar surface area (TPSA) is 68.3 Å². The van der Waals surface area contributed by atoms with Gasteiger partial charge in [0.15, 0.2) is 0 Å². The van der Waals surface area contributed by atoms with Crippen LogP contribution in [-0.4, -0.2) is 18.5 Å². The van der Waals surface area contributed by atoms with Gasteiger partial charge in [0, 0.05) is 18.7 Å². The van der Waals surface area contributed by atoms with Crippen LogP contribution in [-0.2, 0) is 4.79 Å². The summed E-state index contributed by atoms with van der Waals surface area (Å²) in [7, 11) is 0. The van der Waals surface area contributed by atoms with Crippen LogP contribution < -0.4 is 11.1 Å². The zero-order valence-corrected chi connectivity index (χ0v) is 9.64. The number of carbonyl (C=O) groups excluding carboxylic acids is 1. The highest BCUT2D eigenvalue weighted by atomic mass is 16.3. The Morgan fingerprint density at radius 3 is 2.88 bits per heavy atom. The molecule has 1 aromatic heterocycles. The van der Waals surface area contributed by atoms with Gasteiger partial charge in [-0.05, 0) is 24.1 Å². The summed E-state index contributed by atoms with van der Waals surface area (Å²) in [5.74, 6) is 0.829. The number of nitrogens with two attached hydrogens (primary N) is 1. The van der Waals surface area contributed by atoms with Crippen LogP contribution in [0.2, 0.25) is 0 Å². The van der Waals surface area contributed by atoms with Gasteiger partial charge in [-0.15, -0.1) is 0 Å². The van der Waals surface area contributed by atoms with E-state index in [9.17, 15) is 4.79 Å². The van der Waals surface area contributed by atoms with Crippen molar-refractivity contribution in [2.24, 2.45) is 11.7 Å². The van der Waals surface area contributed by atoms with Crippen molar-refractivity contribution in [3.63, 3.8) is 0 Å². The minimum Gasteiger partial charge on any atom is -0.465 e. The Bertz CT molecular complexity index is 342. The zero-order chi connectivity index (χ0) is 12.0. The summed E-state index contributed by atoms with van der Waals surface area (Å²) >= 11 is 0. The fourth-order valence-corrected chi connectivity index (χ4v) is 1.27. The third-order valence-electron chi connectivity index (χ3n) is 2.33. The first kappa shape index (κ1) is 12.5. The largest absolute Gasteiger partial charge is 0.465 e. The van der Waals surface area contributed by atoms with Crippen molar-refractivity contribution in [1.29, 1.82) is 0 Å². The maximum atomic E-state index is 11.5. The summed E-state index contributed by atoms with van der Waals surface area (Å²) in [4.78, 5) is 11.5. The van der Waals surface area contributed by atoms with E-state index >= 15 is 0 Å². The molecule has 3 N–H and O–H groups in total. The predicted octanol–water partition coefficient (Wildman–Crippen LogP) is 1.39. The monoisotopic (exact) mass is 222 g/mol. The number of furan rings is 1. The van der Waals surface area contributed by atoms with Crippen molar-refractivity contribution in [3.8, 4) is 0 Å². The molecule has 0 fully saturated rings. The van der Waals surface area contributed by atoms with E-state index in [-0.39, 0.29) is 11.9 Å². The molecule has 1 amide bonds. The van der Waals surface area contributed by atoms with Gasteiger partial charge in [0.25, 0.3) is 0 Å². The average molecular weight is 222 g/mol. The summed E-state index contributed by atoms with van der Waals surface area (Å²) in [6.07, 6.45) is 4.64. The van der Waals surface area contributed by atoms with Crippen molar-refractivity contribution in [2.75, 3.05) is 6.54 Å². The number of amides is 1. The summed E-state index contributed by atoms with van der Waals surface area (Å²) < 4.78 is 5.07. The van der Waals surface area contributed by atoms with Crippen LogP contribution in [0, 0.1) is 5.92 Å². The van der Waals surface area contributed by atoms with E-state index in [1.165, 1.54) is 6.08 Å². The van der Waals surface area contributed by atoms with Gasteiger partial charge < -0.3 is 15.5 Å². The van der Waals surface area contributed by atoms with E-state index in [0.29, 0.717) is 18.2 Å². The Morgan fingerprint density at radius 2 is 2.38 bits per heavy atom. The molecule has 0 aliphatic heterocycles. The lowest BCUT2D eigenvalue weighted by Crippen LogP contribution is -2.42. The van der Waals surface area contributed by atoms with Gasteiger partial charge in [0.05, 0.1) is 6.26 Å². The quantitative estimate of drug-likeness (QED) is 0.740. The van der Waals surface area contributed by atoms with E-state index in [2.05, 4.69) is 5.32 Å². The molecule has 0 saturated carbocycles. The first-order valence-electron chi connectivity index (χ1n) is 5.35. The van der Waals surface area contributed by atoms with Gasteiger partial charge in [-0.1, -0.05) is 13.8 Å². The van der Waals surface area contributed by atoms with Crippen LogP contribution in [0.5, 0.6) is 0 Å². The summed E-state index contributed by atoms with van der Waals surface area (Å²) in [5, 5.41) is 2.84. The molecule has 0 aliphatic carbocycles. The second kappa shape index (κ2) is 6.12. The average Bonchev–Trinajstić information content (AvgIpc) is 2.75. The molecule has 0 radical (unpaired) electrons. The van der Waals surface area contributed by atoms with E-state index in [0.717, 1.165) is 0 Å². The van der Waals surface area contributed by atoms with Gasteiger partial charge in [-0.3, -0.25) is 4.79 Å². The van der Waals surface area contributed by atoms with Crippen LogP contribution in [0.15, 0.2) is 28.9 Å². The molecular formula is C12H18N2O2. The van der Waals surface area contributed by atoms with Crippen LogP contribution in [0.3, 0.4) is 0 Å². The highest BCUT2D eigenvalue weighted by molar-refractivity contribution is 5.91. The highest BCUT2D eigenvalue weighted by Crippen LogP contribution is 2.03. The van der Waals surface area contributed by atoms with Gasteiger partial charge in [-0.25, -0.2) is 0 Å². The highest BCUT2D eigenvalue weighted by Gasteiger charge is 2.12. The van der Waals surface area contributed by atoms with E-state index < -0.39 is 0 Å². The molecule has 1 heterocycles. The molecular weight excluding hydrogens is 204 g/mol. The van der Waals surface area contributed by atoms with Crippen LogP contribution in [0.25, 0.3) is 6.08 Å². The molecule has 16 heavy (non-hydrogen) atoms. The number of nitrogens with one attached hydrogen (secondary N) is 1. The Morgan fingerprint density at radius 1 is 1.62 bits per heavy atom. The SMILES string of the molecule is CC(C)C(CN)NC(=O)C=Cc1ccco1. The maximum Gasteiger partial charge on any atom is 0.244 e. The molecule has 0 saturated heterocycles. The summed E-state index contributed by atoms with van der Waals surface area (Å²) in [6.45, 7) is 4.49. The second-order valence-corrected chi connectivity index (χ2v) is 3.94. The van der Waals surface area contributed by atoms with E-state index in [4.69, 9.17) is 10.2 Å². The number of rotatable bonds is 5. The molecule has 0 aliphatic rings. The number of hydrogen-bond donors (Lipinski definition) is 2. The van der Waals surface area contributed by atoms with Crippen molar-refractivity contribution in [3.05, 3.63) is 30.2 Å². The molecule has 1 atom stereocenters. The number of carbonyl (C=O) groups is 1. The van der Waals surface area contributed by atoms with Gasteiger partial charge in [0.1, 0.15) is 5.76 Å². The number of hydrogen-bond acceptors (Lipinski definition) is 3. The molecule has 4 nitrogen and oxygen atoms in total. The van der Waals surface area contributed by atoms with Crippen molar-refractivity contribution >= 4 is 12.0 Å². The molecule has 0 spiro atoms. The van der Waals surface area contributed by atoms with Crippen molar-refractivity contribution in [2.45, 2.75) is 19.9 Å². The lowest BCUT2D eigenvalue weighted by atomic mass is 10.0. The summed E-state index contributed by atoms with van der Waals surface area (Å²) in [6, 6.07) is 3.56. The fraction of sp³-hybridized carbons (Fsp3) is 0.417. The Kier molecular flexibility index (Phi) is 4.79. The zero-order valence-electron chi connectivity index (χ0n) is 9.64. The third kappa shape index (κ3) is 3.90. The smallest absolute Gasteiger partial charge is 0.244 e. The predicted molar refractivity (Wildman–Crippen MR) is 63.6 cm³/mol. The molecule has 1 unspecified atom stereocenters. The second-order valence-electron chi connectivity index (χ2n) is 3.94. The molecule has 88 valence electrons. The Hall–Kier alpha value is -1.55. The standard InChI is InChI=1S/C12H18N2O2/c1-9(2)11(8-13)14-12(15)6-5-10-4-3-7-16-10/h3-7,9,11H,8,13H2,1-2H3,(H,14,15). The lowest BCUT2D eigenvalue weighted by Gasteiger charge is -2.19. The normalized spacial score (nSPS) is 13.2. The third-order valence-corrected chi connectivity index (χ3v) is 2.33. The summed E-state index contributed by atoms with van der Waals surface area (Å²) in [5.41, 5.74) is 5.56. The van der Waals surface area contributed by atoms with Gasteiger partial charge >= 0.3 is 0 Å².